The van der Waals surface area contributed by atoms with E-state index >= 15 is 0 Å². The zero-order valence-electron chi connectivity index (χ0n) is 10.6. The lowest BCUT2D eigenvalue weighted by molar-refractivity contribution is 0.0600. The van der Waals surface area contributed by atoms with Crippen LogP contribution in [0.1, 0.15) is 15.9 Å². The van der Waals surface area contributed by atoms with E-state index in [1.54, 1.807) is 17.8 Å². The van der Waals surface area contributed by atoms with Gasteiger partial charge in [0.2, 0.25) is 0 Å². The molecule has 0 saturated heterocycles. The van der Waals surface area contributed by atoms with Crippen LogP contribution < -0.4 is 0 Å². The van der Waals surface area contributed by atoms with Crippen LogP contribution in [0.25, 0.3) is 0 Å². The van der Waals surface area contributed by atoms with Crippen molar-refractivity contribution < 1.29 is 9.53 Å². The topological polar surface area (TPSA) is 26.3 Å². The second kappa shape index (κ2) is 6.43. The Labute approximate surface area is 130 Å². The van der Waals surface area contributed by atoms with Gasteiger partial charge in [-0.3, -0.25) is 0 Å². The highest BCUT2D eigenvalue weighted by atomic mass is 127. The van der Waals surface area contributed by atoms with E-state index in [0.29, 0.717) is 5.56 Å². The molecule has 0 radical (unpaired) electrons. The summed E-state index contributed by atoms with van der Waals surface area (Å²) < 4.78 is 5.94. The lowest BCUT2D eigenvalue weighted by Crippen LogP contribution is -2.01. The first-order valence-electron chi connectivity index (χ1n) is 5.72. The third-order valence-electron chi connectivity index (χ3n) is 2.64. The number of ether oxygens (including phenoxy) is 1. The molecule has 0 unspecified atom stereocenters. The largest absolute Gasteiger partial charge is 0.465 e. The van der Waals surface area contributed by atoms with E-state index in [2.05, 4.69) is 46.9 Å². The van der Waals surface area contributed by atoms with Crippen LogP contribution in [0.15, 0.2) is 52.3 Å². The van der Waals surface area contributed by atoms with Crippen molar-refractivity contribution in [1.82, 2.24) is 0 Å². The van der Waals surface area contributed by atoms with Gasteiger partial charge in [0.25, 0.3) is 0 Å². The molecule has 4 heteroatoms. The Morgan fingerprint density at radius 1 is 1.16 bits per heavy atom. The Balaban J connectivity index is 2.22. The van der Waals surface area contributed by atoms with Crippen molar-refractivity contribution in [3.63, 3.8) is 0 Å². The summed E-state index contributed by atoms with van der Waals surface area (Å²) in [6.45, 7) is 2.00. The van der Waals surface area contributed by atoms with Crippen LogP contribution in [0.2, 0.25) is 0 Å². The predicted octanol–water partition coefficient (Wildman–Crippen LogP) is 4.54. The van der Waals surface area contributed by atoms with Crippen molar-refractivity contribution in [2.45, 2.75) is 16.7 Å². The summed E-state index contributed by atoms with van der Waals surface area (Å²) in [6, 6.07) is 14.0. The van der Waals surface area contributed by atoms with Gasteiger partial charge in [-0.25, -0.2) is 4.79 Å². The summed E-state index contributed by atoms with van der Waals surface area (Å²) in [5, 5.41) is 0. The Morgan fingerprint density at radius 3 is 2.42 bits per heavy atom. The average Bonchev–Trinajstić information content (AvgIpc) is 2.42. The second-order valence-corrected chi connectivity index (χ2v) is 6.39. The molecule has 0 N–H and O–H groups in total. The van der Waals surface area contributed by atoms with Gasteiger partial charge >= 0.3 is 5.97 Å². The van der Waals surface area contributed by atoms with Gasteiger partial charge < -0.3 is 4.74 Å². The van der Waals surface area contributed by atoms with Crippen LogP contribution in [0, 0.1) is 10.5 Å². The fraction of sp³-hybridized carbons (Fsp3) is 0.133. The lowest BCUT2D eigenvalue weighted by atomic mass is 10.1. The fourth-order valence-corrected chi connectivity index (χ4v) is 2.88. The monoisotopic (exact) mass is 384 g/mol. The number of aryl methyl sites for hydroxylation is 1. The first-order chi connectivity index (χ1) is 9.10. The highest BCUT2D eigenvalue weighted by molar-refractivity contribution is 14.1. The smallest absolute Gasteiger partial charge is 0.337 e. The first kappa shape index (κ1) is 14.4. The molecule has 0 bridgehead atoms. The van der Waals surface area contributed by atoms with Gasteiger partial charge in [0, 0.05) is 13.4 Å². The Kier molecular flexibility index (Phi) is 4.87. The molecule has 0 atom stereocenters. The number of esters is 1. The number of halogens is 1. The van der Waals surface area contributed by atoms with Crippen LogP contribution >= 0.6 is 34.4 Å². The molecule has 0 aliphatic heterocycles. The molecule has 0 amide bonds. The first-order valence-corrected chi connectivity index (χ1v) is 7.62. The van der Waals surface area contributed by atoms with Gasteiger partial charge in [-0.05, 0) is 77.5 Å². The molecule has 0 aliphatic rings. The van der Waals surface area contributed by atoms with Gasteiger partial charge in [0.05, 0.1) is 12.7 Å². The van der Waals surface area contributed by atoms with Gasteiger partial charge in [0.1, 0.15) is 0 Å². The second-order valence-electron chi connectivity index (χ2n) is 4.03. The Bertz CT molecular complexity index is 594. The van der Waals surface area contributed by atoms with Crippen LogP contribution in [0.4, 0.5) is 0 Å². The number of rotatable bonds is 3. The van der Waals surface area contributed by atoms with E-state index < -0.39 is 0 Å². The molecular formula is C15H13IO2S. The fourth-order valence-electron chi connectivity index (χ4n) is 1.64. The molecule has 98 valence electrons. The standard InChI is InChI=1S/C15H13IO2S/c1-10-9-11(15(17)18-2)3-8-14(10)19-13-6-4-12(16)5-7-13/h3-9H,1-2H3. The zero-order chi connectivity index (χ0) is 13.8. The number of carbonyl (C=O) groups is 1. The number of methoxy groups -OCH3 is 1. The normalized spacial score (nSPS) is 10.3. The minimum atomic E-state index is -0.297. The van der Waals surface area contributed by atoms with Crippen molar-refractivity contribution in [3.8, 4) is 0 Å². The SMILES string of the molecule is COC(=O)c1ccc(Sc2ccc(I)cc2)c(C)c1. The predicted molar refractivity (Wildman–Crippen MR) is 85.8 cm³/mol. The number of carbonyl (C=O) groups excluding carboxylic acids is 1. The van der Waals surface area contributed by atoms with E-state index in [4.69, 9.17) is 4.74 Å². The maximum absolute atomic E-state index is 11.4. The molecule has 0 aromatic heterocycles. The highest BCUT2D eigenvalue weighted by Gasteiger charge is 2.08. The average molecular weight is 384 g/mol. The van der Waals surface area contributed by atoms with E-state index in [1.807, 2.05) is 19.1 Å². The van der Waals surface area contributed by atoms with Gasteiger partial charge in [-0.15, -0.1) is 0 Å². The Hall–Kier alpha value is -1.01. The van der Waals surface area contributed by atoms with Crippen LogP contribution in [-0.2, 0) is 4.74 Å². The van der Waals surface area contributed by atoms with Gasteiger partial charge in [-0.1, -0.05) is 11.8 Å². The minimum absolute atomic E-state index is 0.297. The van der Waals surface area contributed by atoms with E-state index in [9.17, 15) is 4.79 Å². The summed E-state index contributed by atoms with van der Waals surface area (Å²) in [6.07, 6.45) is 0. The quantitative estimate of drug-likeness (QED) is 0.574. The molecule has 2 aromatic rings. The van der Waals surface area contributed by atoms with Crippen molar-refractivity contribution in [3.05, 3.63) is 57.2 Å². The van der Waals surface area contributed by atoms with Crippen LogP contribution in [0.5, 0.6) is 0 Å². The number of benzene rings is 2. The number of hydrogen-bond donors (Lipinski definition) is 0. The maximum atomic E-state index is 11.4. The van der Waals surface area contributed by atoms with Crippen molar-refractivity contribution >= 4 is 40.3 Å². The summed E-state index contributed by atoms with van der Waals surface area (Å²) in [5.41, 5.74) is 1.67. The van der Waals surface area contributed by atoms with Crippen molar-refractivity contribution in [2.24, 2.45) is 0 Å². The molecule has 2 rings (SSSR count). The summed E-state index contributed by atoms with van der Waals surface area (Å²) >= 11 is 3.98. The molecule has 0 saturated carbocycles. The molecule has 0 aliphatic carbocycles. The van der Waals surface area contributed by atoms with E-state index in [1.165, 1.54) is 15.6 Å². The highest BCUT2D eigenvalue weighted by Crippen LogP contribution is 2.31. The summed E-state index contributed by atoms with van der Waals surface area (Å²) in [5.74, 6) is -0.297. The lowest BCUT2D eigenvalue weighted by Gasteiger charge is -2.07. The molecule has 0 fully saturated rings. The van der Waals surface area contributed by atoms with Crippen molar-refractivity contribution in [1.29, 1.82) is 0 Å². The minimum Gasteiger partial charge on any atom is -0.465 e. The van der Waals surface area contributed by atoms with Gasteiger partial charge in [0.15, 0.2) is 0 Å². The molecule has 2 aromatic carbocycles. The Morgan fingerprint density at radius 2 is 1.84 bits per heavy atom. The molecule has 19 heavy (non-hydrogen) atoms. The van der Waals surface area contributed by atoms with E-state index in [0.717, 1.165) is 10.5 Å². The molecule has 0 heterocycles. The molecule has 0 spiro atoms. The van der Waals surface area contributed by atoms with Gasteiger partial charge in [-0.2, -0.15) is 0 Å². The van der Waals surface area contributed by atoms with Crippen LogP contribution in [0.3, 0.4) is 0 Å². The van der Waals surface area contributed by atoms with E-state index in [-0.39, 0.29) is 5.97 Å². The third kappa shape index (κ3) is 3.73. The van der Waals surface area contributed by atoms with Crippen LogP contribution in [-0.4, -0.2) is 13.1 Å². The molecular weight excluding hydrogens is 371 g/mol. The van der Waals surface area contributed by atoms with Crippen molar-refractivity contribution in [2.75, 3.05) is 7.11 Å². The third-order valence-corrected chi connectivity index (χ3v) is 4.54. The summed E-state index contributed by atoms with van der Waals surface area (Å²) in [4.78, 5) is 13.8. The summed E-state index contributed by atoms with van der Waals surface area (Å²) in [7, 11) is 1.39. The zero-order valence-corrected chi connectivity index (χ0v) is 13.6. The number of hydrogen-bond acceptors (Lipinski definition) is 3. The maximum Gasteiger partial charge on any atom is 0.337 e. The molecule has 2 nitrogen and oxygen atoms in total.